The molecule has 2 aliphatic heterocycles. The molecule has 11 heteroatoms. The number of anilines is 1. The molecule has 0 aromatic heterocycles. The van der Waals surface area contributed by atoms with Crippen LogP contribution in [0.25, 0.3) is 0 Å². The number of likely N-dealkylation sites (tertiary alicyclic amines) is 1. The monoisotopic (exact) mass is 486 g/mol. The Morgan fingerprint density at radius 1 is 0.906 bits per heavy atom. The molecule has 0 bridgehead atoms. The first kappa shape index (κ1) is 24.9. The van der Waals surface area contributed by atoms with Crippen molar-refractivity contribution in [1.29, 1.82) is 0 Å². The molecular weight excluding hydrogens is 452 g/mol. The minimum atomic E-state index is -3.51. The average molecular weight is 487 g/mol. The maximum absolute atomic E-state index is 12.7. The molecule has 0 aliphatic carbocycles. The van der Waals surface area contributed by atoms with Crippen molar-refractivity contribution in [2.24, 2.45) is 0 Å². The summed E-state index contributed by atoms with van der Waals surface area (Å²) in [6, 6.07) is 5.76. The lowest BCUT2D eigenvalue weighted by Gasteiger charge is -2.33. The number of amides is 2. The molecule has 32 heavy (non-hydrogen) atoms. The zero-order valence-corrected chi connectivity index (χ0v) is 20.6. The normalized spacial score (nSPS) is 19.7. The first-order valence-corrected chi connectivity index (χ1v) is 14.0. The second-order valence-corrected chi connectivity index (χ2v) is 13.8. The van der Waals surface area contributed by atoms with E-state index in [9.17, 15) is 21.6 Å². The van der Waals surface area contributed by atoms with E-state index >= 15 is 0 Å². The van der Waals surface area contributed by atoms with Gasteiger partial charge in [-0.1, -0.05) is 6.42 Å². The highest BCUT2D eigenvalue weighted by Crippen LogP contribution is 2.23. The Balaban J connectivity index is 1.53. The van der Waals surface area contributed by atoms with Crippen LogP contribution in [0.2, 0.25) is 0 Å². The highest BCUT2D eigenvalue weighted by Gasteiger charge is 2.33. The summed E-state index contributed by atoms with van der Waals surface area (Å²) in [5.41, 5.74) is 0.517. The predicted molar refractivity (Wildman–Crippen MR) is 124 cm³/mol. The SMILES string of the molecule is CC(C)(C)S(=O)(=O)NC1CCN(C(=O)Nc2ccc(S(=O)(=O)N3CCCCC3)cc2)CC1. The van der Waals surface area contributed by atoms with Gasteiger partial charge in [0.1, 0.15) is 0 Å². The quantitative estimate of drug-likeness (QED) is 0.664. The Kier molecular flexibility index (Phi) is 7.53. The Morgan fingerprint density at radius 3 is 2.00 bits per heavy atom. The summed E-state index contributed by atoms with van der Waals surface area (Å²) in [5.74, 6) is 0. The smallest absolute Gasteiger partial charge is 0.321 e. The highest BCUT2D eigenvalue weighted by molar-refractivity contribution is 7.90. The van der Waals surface area contributed by atoms with Crippen molar-refractivity contribution >= 4 is 31.8 Å². The van der Waals surface area contributed by atoms with Gasteiger partial charge in [-0.15, -0.1) is 0 Å². The fourth-order valence-corrected chi connectivity index (χ4v) is 6.31. The summed E-state index contributed by atoms with van der Waals surface area (Å²) in [6.45, 7) is 6.92. The van der Waals surface area contributed by atoms with Crippen LogP contribution in [0.1, 0.15) is 52.9 Å². The van der Waals surface area contributed by atoms with Gasteiger partial charge in [-0.2, -0.15) is 4.31 Å². The second-order valence-electron chi connectivity index (χ2n) is 9.41. The van der Waals surface area contributed by atoms with E-state index in [4.69, 9.17) is 0 Å². The van der Waals surface area contributed by atoms with Crippen LogP contribution >= 0.6 is 0 Å². The number of hydrogen-bond acceptors (Lipinski definition) is 5. The number of nitrogens with one attached hydrogen (secondary N) is 2. The van der Waals surface area contributed by atoms with E-state index in [2.05, 4.69) is 10.0 Å². The topological polar surface area (TPSA) is 116 Å². The minimum absolute atomic E-state index is 0.192. The van der Waals surface area contributed by atoms with Crippen LogP contribution in [-0.4, -0.2) is 69.0 Å². The molecule has 2 fully saturated rings. The van der Waals surface area contributed by atoms with Gasteiger partial charge in [0.15, 0.2) is 0 Å². The molecule has 1 aromatic rings. The van der Waals surface area contributed by atoms with E-state index in [0.29, 0.717) is 44.7 Å². The first-order valence-electron chi connectivity index (χ1n) is 11.1. The van der Waals surface area contributed by atoms with Crippen molar-refractivity contribution < 1.29 is 21.6 Å². The lowest BCUT2D eigenvalue weighted by molar-refractivity contribution is 0.193. The van der Waals surface area contributed by atoms with Crippen LogP contribution < -0.4 is 10.0 Å². The number of sulfonamides is 2. The van der Waals surface area contributed by atoms with Crippen LogP contribution in [0.15, 0.2) is 29.2 Å². The Labute approximate surface area is 191 Å². The molecule has 2 N–H and O–H groups in total. The van der Waals surface area contributed by atoms with E-state index in [0.717, 1.165) is 19.3 Å². The highest BCUT2D eigenvalue weighted by atomic mass is 32.2. The van der Waals surface area contributed by atoms with Crippen LogP contribution in [0.3, 0.4) is 0 Å². The van der Waals surface area contributed by atoms with E-state index in [1.807, 2.05) is 0 Å². The molecule has 180 valence electrons. The molecule has 0 atom stereocenters. The van der Waals surface area contributed by atoms with E-state index in [-0.39, 0.29) is 17.0 Å². The van der Waals surface area contributed by atoms with Gasteiger partial charge in [0.05, 0.1) is 9.64 Å². The van der Waals surface area contributed by atoms with E-state index in [1.54, 1.807) is 37.8 Å². The molecule has 2 aliphatic rings. The lowest BCUT2D eigenvalue weighted by Crippen LogP contribution is -2.50. The maximum atomic E-state index is 12.7. The fourth-order valence-electron chi connectivity index (χ4n) is 3.76. The lowest BCUT2D eigenvalue weighted by atomic mass is 10.1. The summed E-state index contributed by atoms with van der Waals surface area (Å²) >= 11 is 0. The molecule has 9 nitrogen and oxygen atoms in total. The molecule has 2 heterocycles. The summed E-state index contributed by atoms with van der Waals surface area (Å²) in [4.78, 5) is 14.5. The number of urea groups is 1. The number of carbonyl (C=O) groups excluding carboxylic acids is 1. The van der Waals surface area contributed by atoms with Gasteiger partial charge in [0.25, 0.3) is 0 Å². The van der Waals surface area contributed by atoms with Crippen molar-refractivity contribution in [3.8, 4) is 0 Å². The van der Waals surface area contributed by atoms with Gasteiger partial charge in [-0.25, -0.2) is 26.4 Å². The largest absolute Gasteiger partial charge is 0.324 e. The number of benzene rings is 1. The van der Waals surface area contributed by atoms with Gasteiger partial charge in [-0.05, 0) is 70.7 Å². The van der Waals surface area contributed by atoms with Crippen molar-refractivity contribution in [3.05, 3.63) is 24.3 Å². The molecule has 3 rings (SSSR count). The molecular formula is C21H34N4O5S2. The van der Waals surface area contributed by atoms with Crippen molar-refractivity contribution in [2.75, 3.05) is 31.5 Å². The number of nitrogens with zero attached hydrogens (tertiary/aromatic N) is 2. The minimum Gasteiger partial charge on any atom is -0.324 e. The number of piperidine rings is 2. The molecule has 0 radical (unpaired) electrons. The third kappa shape index (κ3) is 5.81. The summed E-state index contributed by atoms with van der Waals surface area (Å²) < 4.78 is 53.5. The van der Waals surface area contributed by atoms with Crippen molar-refractivity contribution in [2.45, 2.75) is 68.6 Å². The fraction of sp³-hybridized carbons (Fsp3) is 0.667. The van der Waals surface area contributed by atoms with Gasteiger partial charge >= 0.3 is 6.03 Å². The summed E-state index contributed by atoms with van der Waals surface area (Å²) in [5, 5.41) is 2.80. The Morgan fingerprint density at radius 2 is 1.47 bits per heavy atom. The number of hydrogen-bond donors (Lipinski definition) is 2. The number of carbonyl (C=O) groups is 1. The predicted octanol–water partition coefficient (Wildman–Crippen LogP) is 2.58. The zero-order chi connectivity index (χ0) is 23.6. The van der Waals surface area contributed by atoms with Crippen LogP contribution in [0.4, 0.5) is 10.5 Å². The van der Waals surface area contributed by atoms with E-state index < -0.39 is 24.8 Å². The van der Waals surface area contributed by atoms with Gasteiger partial charge in [-0.3, -0.25) is 0 Å². The van der Waals surface area contributed by atoms with Crippen LogP contribution in [0, 0.1) is 0 Å². The Hall–Kier alpha value is -1.69. The molecule has 2 amide bonds. The molecule has 0 unspecified atom stereocenters. The average Bonchev–Trinajstić information content (AvgIpc) is 2.74. The third-order valence-electron chi connectivity index (χ3n) is 5.97. The summed E-state index contributed by atoms with van der Waals surface area (Å²) in [7, 11) is -6.94. The van der Waals surface area contributed by atoms with Crippen molar-refractivity contribution in [3.63, 3.8) is 0 Å². The maximum Gasteiger partial charge on any atom is 0.321 e. The van der Waals surface area contributed by atoms with Gasteiger partial charge in [0, 0.05) is 37.9 Å². The zero-order valence-electron chi connectivity index (χ0n) is 19.0. The molecule has 2 saturated heterocycles. The molecule has 0 spiro atoms. The second kappa shape index (κ2) is 9.66. The molecule has 1 aromatic carbocycles. The van der Waals surface area contributed by atoms with Crippen molar-refractivity contribution in [1.82, 2.24) is 13.9 Å². The number of rotatable bonds is 5. The Bertz CT molecular complexity index is 1000. The molecule has 0 saturated carbocycles. The van der Waals surface area contributed by atoms with Crippen LogP contribution in [-0.2, 0) is 20.0 Å². The first-order chi connectivity index (χ1) is 14.9. The van der Waals surface area contributed by atoms with Gasteiger partial charge < -0.3 is 10.2 Å². The van der Waals surface area contributed by atoms with E-state index in [1.165, 1.54) is 16.4 Å². The summed E-state index contributed by atoms with van der Waals surface area (Å²) in [6.07, 6.45) is 3.88. The van der Waals surface area contributed by atoms with Gasteiger partial charge in [0.2, 0.25) is 20.0 Å². The standard InChI is InChI=1S/C21H34N4O5S2/c1-21(2,3)32(29,30)23-18-11-15-24(16-12-18)20(26)22-17-7-9-19(10-8-17)31(27,28)25-13-5-4-6-14-25/h7-10,18,23H,4-6,11-16H2,1-3H3,(H,22,26). The van der Waals surface area contributed by atoms with Crippen LogP contribution in [0.5, 0.6) is 0 Å². The third-order valence-corrected chi connectivity index (χ3v) is 10.1.